The Morgan fingerprint density at radius 3 is 2.53 bits per heavy atom. The number of nitrogens with zero attached hydrogens (tertiary/aromatic N) is 1. The average Bonchev–Trinajstić information content (AvgIpc) is 3.07. The summed E-state index contributed by atoms with van der Waals surface area (Å²) in [5.41, 5.74) is -3.05. The molecule has 1 aliphatic rings. The molecule has 2 aromatic rings. The molecule has 1 atom stereocenters. The second-order valence-corrected chi connectivity index (χ2v) is 9.33. The van der Waals surface area contributed by atoms with Crippen LogP contribution >= 0.6 is 22.9 Å². The van der Waals surface area contributed by atoms with Gasteiger partial charge in [0.25, 0.3) is 5.91 Å². The van der Waals surface area contributed by atoms with Crippen LogP contribution in [0.3, 0.4) is 0 Å². The van der Waals surface area contributed by atoms with Gasteiger partial charge in [0.05, 0.1) is 12.2 Å². The van der Waals surface area contributed by atoms with E-state index < -0.39 is 23.7 Å². The second kappa shape index (κ2) is 10.7. The van der Waals surface area contributed by atoms with Crippen molar-refractivity contribution in [2.24, 2.45) is 0 Å². The summed E-state index contributed by atoms with van der Waals surface area (Å²) >= 11 is 6.87. The molecule has 11 heteroatoms. The SMILES string of the molecule is CCOC(=O)[C@](NC(=O)c1cccc(Cl)c1)(Nc1sc2c(c1C#N)CCCCCC2)C(F)(F)F. The predicted molar refractivity (Wildman–Crippen MR) is 123 cm³/mol. The van der Waals surface area contributed by atoms with Crippen molar-refractivity contribution in [3.05, 3.63) is 50.9 Å². The van der Waals surface area contributed by atoms with E-state index in [0.29, 0.717) is 18.4 Å². The Hall–Kier alpha value is -2.77. The van der Waals surface area contributed by atoms with Crippen LogP contribution in [0.4, 0.5) is 18.2 Å². The molecule has 1 aromatic carbocycles. The van der Waals surface area contributed by atoms with Crippen LogP contribution in [0, 0.1) is 11.3 Å². The molecule has 0 fully saturated rings. The van der Waals surface area contributed by atoms with Gasteiger partial charge in [0.1, 0.15) is 11.1 Å². The lowest BCUT2D eigenvalue weighted by Crippen LogP contribution is -2.69. The first-order chi connectivity index (χ1) is 16.1. The van der Waals surface area contributed by atoms with Crippen molar-refractivity contribution in [3.8, 4) is 6.07 Å². The Morgan fingerprint density at radius 2 is 1.91 bits per heavy atom. The highest BCUT2D eigenvalue weighted by molar-refractivity contribution is 7.16. The van der Waals surface area contributed by atoms with Crippen molar-refractivity contribution in [1.82, 2.24) is 5.32 Å². The molecule has 0 radical (unpaired) electrons. The fraction of sp³-hybridized carbons (Fsp3) is 0.435. The summed E-state index contributed by atoms with van der Waals surface area (Å²) in [4.78, 5) is 26.4. The topological polar surface area (TPSA) is 91.2 Å². The molecule has 2 N–H and O–H groups in total. The number of ether oxygens (including phenoxy) is 1. The van der Waals surface area contributed by atoms with E-state index >= 15 is 0 Å². The Kier molecular flexibility index (Phi) is 8.10. The van der Waals surface area contributed by atoms with Gasteiger partial charge in [-0.15, -0.1) is 11.3 Å². The summed E-state index contributed by atoms with van der Waals surface area (Å²) in [7, 11) is 0. The van der Waals surface area contributed by atoms with Crippen molar-refractivity contribution < 1.29 is 27.5 Å². The van der Waals surface area contributed by atoms with Crippen LogP contribution in [0.2, 0.25) is 5.02 Å². The number of thiophene rings is 1. The molecule has 0 saturated carbocycles. The van der Waals surface area contributed by atoms with Crippen molar-refractivity contribution in [2.75, 3.05) is 11.9 Å². The van der Waals surface area contributed by atoms with Crippen LogP contribution in [-0.4, -0.2) is 30.3 Å². The third-order valence-corrected chi connectivity index (χ3v) is 6.92. The number of amides is 1. The van der Waals surface area contributed by atoms with Crippen molar-refractivity contribution in [2.45, 2.75) is 57.3 Å². The molecule has 1 aromatic heterocycles. The van der Waals surface area contributed by atoms with Crippen LogP contribution in [0.15, 0.2) is 24.3 Å². The number of hydrogen-bond acceptors (Lipinski definition) is 6. The molecular weight excluding hydrogens is 491 g/mol. The molecule has 0 bridgehead atoms. The van der Waals surface area contributed by atoms with E-state index in [0.717, 1.165) is 41.9 Å². The van der Waals surface area contributed by atoms with Crippen LogP contribution in [0.5, 0.6) is 0 Å². The number of alkyl halides is 3. The molecule has 3 rings (SSSR count). The van der Waals surface area contributed by atoms with Crippen molar-refractivity contribution in [3.63, 3.8) is 0 Å². The number of anilines is 1. The molecule has 6 nitrogen and oxygen atoms in total. The van der Waals surface area contributed by atoms with Gasteiger partial charge in [-0.25, -0.2) is 4.79 Å². The summed E-state index contributed by atoms with van der Waals surface area (Å²) < 4.78 is 48.4. The lowest BCUT2D eigenvalue weighted by Gasteiger charge is -2.35. The van der Waals surface area contributed by atoms with Crippen molar-refractivity contribution in [1.29, 1.82) is 5.26 Å². The van der Waals surface area contributed by atoms with Gasteiger partial charge in [-0.1, -0.05) is 30.5 Å². The molecule has 0 saturated heterocycles. The highest BCUT2D eigenvalue weighted by Gasteiger charge is 2.64. The lowest BCUT2D eigenvalue weighted by atomic mass is 9.97. The second-order valence-electron chi connectivity index (χ2n) is 7.79. The molecule has 34 heavy (non-hydrogen) atoms. The number of carbonyl (C=O) groups excluding carboxylic acids is 2. The van der Waals surface area contributed by atoms with Gasteiger partial charge in [0.15, 0.2) is 0 Å². The van der Waals surface area contributed by atoms with E-state index in [1.165, 1.54) is 31.2 Å². The highest BCUT2D eigenvalue weighted by Crippen LogP contribution is 2.41. The lowest BCUT2D eigenvalue weighted by molar-refractivity contribution is -0.204. The van der Waals surface area contributed by atoms with E-state index in [9.17, 15) is 28.0 Å². The maximum Gasteiger partial charge on any atom is 0.441 e. The molecular formula is C23H23ClF3N3O3S. The Labute approximate surface area is 204 Å². The summed E-state index contributed by atoms with van der Waals surface area (Å²) in [6.07, 6.45) is -0.496. The van der Waals surface area contributed by atoms with E-state index in [1.54, 1.807) is 5.32 Å². The number of nitrogens with one attached hydrogen (secondary N) is 2. The van der Waals surface area contributed by atoms with Crippen LogP contribution in [-0.2, 0) is 22.4 Å². The number of benzene rings is 1. The van der Waals surface area contributed by atoms with Gasteiger partial charge in [0, 0.05) is 15.5 Å². The standard InChI is InChI=1S/C23H23ClF3N3O3S/c1-2-33-21(32)22(23(25,26)27,29-19(31)14-8-7-9-15(24)12-14)30-20-17(13-28)16-10-5-3-4-6-11-18(16)34-20/h7-9,12,30H,2-6,10-11H2,1H3,(H,29,31)/t22-/m0/s1. The fourth-order valence-electron chi connectivity index (χ4n) is 3.80. The molecule has 1 aliphatic carbocycles. The van der Waals surface area contributed by atoms with Crippen LogP contribution < -0.4 is 10.6 Å². The van der Waals surface area contributed by atoms with E-state index in [4.69, 9.17) is 16.3 Å². The normalized spacial score (nSPS) is 15.6. The van der Waals surface area contributed by atoms with Gasteiger partial charge >= 0.3 is 17.8 Å². The number of nitriles is 1. The van der Waals surface area contributed by atoms with Gasteiger partial charge < -0.3 is 15.4 Å². The van der Waals surface area contributed by atoms with Crippen LogP contribution in [0.25, 0.3) is 0 Å². The van der Waals surface area contributed by atoms with Crippen molar-refractivity contribution >= 4 is 39.8 Å². The smallest absolute Gasteiger partial charge is 0.441 e. The first-order valence-corrected chi connectivity index (χ1v) is 12.0. The molecule has 182 valence electrons. The maximum absolute atomic E-state index is 14.6. The quantitative estimate of drug-likeness (QED) is 0.388. The first-order valence-electron chi connectivity index (χ1n) is 10.8. The largest absolute Gasteiger partial charge is 0.463 e. The maximum atomic E-state index is 14.6. The highest BCUT2D eigenvalue weighted by atomic mass is 35.5. The minimum Gasteiger partial charge on any atom is -0.463 e. The minimum atomic E-state index is -5.31. The number of esters is 1. The third kappa shape index (κ3) is 5.31. The Bertz CT molecular complexity index is 1110. The Morgan fingerprint density at radius 1 is 1.21 bits per heavy atom. The zero-order valence-corrected chi connectivity index (χ0v) is 19.9. The van der Waals surface area contributed by atoms with E-state index in [-0.39, 0.29) is 27.8 Å². The number of halogens is 4. The number of hydrogen-bond donors (Lipinski definition) is 2. The third-order valence-electron chi connectivity index (χ3n) is 5.48. The van der Waals surface area contributed by atoms with Gasteiger partial charge in [-0.05, 0) is 56.4 Å². The molecule has 1 amide bonds. The number of rotatable bonds is 6. The summed E-state index contributed by atoms with van der Waals surface area (Å²) in [5, 5.41) is 13.8. The number of carbonyl (C=O) groups is 2. The predicted octanol–water partition coefficient (Wildman–Crippen LogP) is 5.60. The average molecular weight is 514 g/mol. The fourth-order valence-corrected chi connectivity index (χ4v) is 5.28. The first kappa shape index (κ1) is 25.8. The summed E-state index contributed by atoms with van der Waals surface area (Å²) in [6.45, 7) is 1.01. The molecule has 0 spiro atoms. The van der Waals surface area contributed by atoms with E-state index in [1.807, 2.05) is 6.07 Å². The molecule has 1 heterocycles. The van der Waals surface area contributed by atoms with Gasteiger partial charge in [-0.2, -0.15) is 18.4 Å². The van der Waals surface area contributed by atoms with Gasteiger partial charge in [0.2, 0.25) is 0 Å². The van der Waals surface area contributed by atoms with Gasteiger partial charge in [-0.3, -0.25) is 4.79 Å². The zero-order chi connectivity index (χ0) is 24.9. The Balaban J connectivity index is 2.10. The summed E-state index contributed by atoms with van der Waals surface area (Å²) in [6, 6.07) is 7.30. The summed E-state index contributed by atoms with van der Waals surface area (Å²) in [5.74, 6) is -2.92. The number of aryl methyl sites for hydroxylation is 1. The minimum absolute atomic E-state index is 0.0526. The van der Waals surface area contributed by atoms with E-state index in [2.05, 4.69) is 5.32 Å². The monoisotopic (exact) mass is 513 g/mol. The molecule has 0 unspecified atom stereocenters. The molecule has 0 aliphatic heterocycles. The zero-order valence-electron chi connectivity index (χ0n) is 18.4. The number of fused-ring (bicyclic) bond motifs is 1. The van der Waals surface area contributed by atoms with Crippen LogP contribution in [0.1, 0.15) is 59.0 Å².